The lowest BCUT2D eigenvalue weighted by Gasteiger charge is -2.35. The Bertz CT molecular complexity index is 803. The molecule has 1 N–H and O–H groups in total. The molecule has 1 fully saturated rings. The summed E-state index contributed by atoms with van der Waals surface area (Å²) in [5.74, 6) is -0.126. The molecule has 0 aliphatic carbocycles. The summed E-state index contributed by atoms with van der Waals surface area (Å²) in [6, 6.07) is 14.3. The molecular formula is C23H30N4O. The number of pyridine rings is 1. The standard InChI is InChI=1S/C23H30N4O/c1-23(2,3)25-22(28)21-18-20(11-12-24-21)27-16-14-26(15-17-27)13-7-10-19-8-5-4-6-9-19/h4-12,18H,13-17H2,1-3H3,(H,25,28)/b10-7+. The molecule has 0 unspecified atom stereocenters. The lowest BCUT2D eigenvalue weighted by atomic mass is 10.1. The second kappa shape index (κ2) is 9.02. The van der Waals surface area contributed by atoms with E-state index in [1.807, 2.05) is 39.0 Å². The Balaban J connectivity index is 1.53. The molecule has 0 bridgehead atoms. The highest BCUT2D eigenvalue weighted by Gasteiger charge is 2.19. The summed E-state index contributed by atoms with van der Waals surface area (Å²) in [6.45, 7) is 10.8. The minimum atomic E-state index is -0.270. The number of hydrogen-bond acceptors (Lipinski definition) is 4. The van der Waals surface area contributed by atoms with Crippen LogP contribution >= 0.6 is 0 Å². The monoisotopic (exact) mass is 378 g/mol. The van der Waals surface area contributed by atoms with Gasteiger partial charge in [-0.05, 0) is 38.5 Å². The van der Waals surface area contributed by atoms with Gasteiger partial charge in [-0.1, -0.05) is 42.5 Å². The predicted octanol–water partition coefficient (Wildman–Crippen LogP) is 3.45. The summed E-state index contributed by atoms with van der Waals surface area (Å²) in [4.78, 5) is 21.4. The number of carbonyl (C=O) groups is 1. The Morgan fingerprint density at radius 3 is 2.50 bits per heavy atom. The number of amides is 1. The molecule has 3 rings (SSSR count). The van der Waals surface area contributed by atoms with Crippen LogP contribution in [0, 0.1) is 0 Å². The summed E-state index contributed by atoms with van der Waals surface area (Å²) < 4.78 is 0. The van der Waals surface area contributed by atoms with Crippen LogP contribution in [0.4, 0.5) is 5.69 Å². The van der Waals surface area contributed by atoms with Gasteiger partial charge in [0.1, 0.15) is 5.69 Å². The predicted molar refractivity (Wildman–Crippen MR) is 116 cm³/mol. The van der Waals surface area contributed by atoms with Crippen LogP contribution in [-0.2, 0) is 0 Å². The fraction of sp³-hybridized carbons (Fsp3) is 0.391. The molecule has 148 valence electrons. The van der Waals surface area contributed by atoms with Crippen LogP contribution in [0.15, 0.2) is 54.7 Å². The van der Waals surface area contributed by atoms with Crippen molar-refractivity contribution >= 4 is 17.7 Å². The van der Waals surface area contributed by atoms with Crippen LogP contribution in [0.1, 0.15) is 36.8 Å². The second-order valence-corrected chi connectivity index (χ2v) is 8.20. The average molecular weight is 379 g/mol. The zero-order valence-electron chi connectivity index (χ0n) is 17.1. The highest BCUT2D eigenvalue weighted by Crippen LogP contribution is 2.17. The molecule has 1 aliphatic rings. The second-order valence-electron chi connectivity index (χ2n) is 8.20. The number of nitrogens with zero attached hydrogens (tertiary/aromatic N) is 3. The summed E-state index contributed by atoms with van der Waals surface area (Å²) >= 11 is 0. The van der Waals surface area contributed by atoms with Gasteiger partial charge in [0, 0.05) is 50.1 Å². The van der Waals surface area contributed by atoms with Crippen LogP contribution in [0.2, 0.25) is 0 Å². The molecule has 1 aliphatic heterocycles. The molecule has 0 radical (unpaired) electrons. The zero-order valence-corrected chi connectivity index (χ0v) is 17.1. The van der Waals surface area contributed by atoms with E-state index in [9.17, 15) is 4.79 Å². The zero-order chi connectivity index (χ0) is 20.0. The van der Waals surface area contributed by atoms with E-state index in [1.54, 1.807) is 6.20 Å². The van der Waals surface area contributed by atoms with Gasteiger partial charge in [-0.3, -0.25) is 14.7 Å². The van der Waals surface area contributed by atoms with Crippen molar-refractivity contribution < 1.29 is 4.79 Å². The van der Waals surface area contributed by atoms with Crippen molar-refractivity contribution in [3.63, 3.8) is 0 Å². The fourth-order valence-corrected chi connectivity index (χ4v) is 3.24. The average Bonchev–Trinajstić information content (AvgIpc) is 2.68. The van der Waals surface area contributed by atoms with Gasteiger partial charge in [-0.2, -0.15) is 0 Å². The SMILES string of the molecule is CC(C)(C)NC(=O)c1cc(N2CCN(C/C=C/c3ccccc3)CC2)ccn1. The quantitative estimate of drug-likeness (QED) is 0.866. The number of carbonyl (C=O) groups excluding carboxylic acids is 1. The molecule has 5 heteroatoms. The molecule has 2 aromatic rings. The van der Waals surface area contributed by atoms with Crippen molar-refractivity contribution in [3.05, 3.63) is 66.0 Å². The third kappa shape index (κ3) is 5.92. The number of aromatic nitrogens is 1. The summed E-state index contributed by atoms with van der Waals surface area (Å²) in [5.41, 5.74) is 2.50. The molecule has 1 aromatic heterocycles. The smallest absolute Gasteiger partial charge is 0.270 e. The third-order valence-corrected chi connectivity index (χ3v) is 4.68. The Kier molecular flexibility index (Phi) is 6.47. The third-order valence-electron chi connectivity index (χ3n) is 4.68. The van der Waals surface area contributed by atoms with Gasteiger partial charge in [0.2, 0.25) is 0 Å². The normalized spacial score (nSPS) is 15.8. The Morgan fingerprint density at radius 1 is 1.11 bits per heavy atom. The van der Waals surface area contributed by atoms with E-state index in [0.29, 0.717) is 5.69 Å². The van der Waals surface area contributed by atoms with Crippen molar-refractivity contribution in [3.8, 4) is 0 Å². The first kappa shape index (κ1) is 20.1. The van der Waals surface area contributed by atoms with Crippen molar-refractivity contribution in [1.29, 1.82) is 0 Å². The lowest BCUT2D eigenvalue weighted by molar-refractivity contribution is 0.0914. The van der Waals surface area contributed by atoms with E-state index in [-0.39, 0.29) is 11.4 Å². The number of nitrogens with one attached hydrogen (secondary N) is 1. The van der Waals surface area contributed by atoms with Crippen LogP contribution in [0.3, 0.4) is 0 Å². The Labute approximate surface area is 168 Å². The topological polar surface area (TPSA) is 48.5 Å². The summed E-state index contributed by atoms with van der Waals surface area (Å²) in [5, 5.41) is 2.97. The molecule has 1 aromatic carbocycles. The first-order valence-electron chi connectivity index (χ1n) is 9.88. The van der Waals surface area contributed by atoms with Crippen LogP contribution in [0.25, 0.3) is 6.08 Å². The van der Waals surface area contributed by atoms with Crippen LogP contribution in [-0.4, -0.2) is 54.1 Å². The number of piperazine rings is 1. The number of hydrogen-bond donors (Lipinski definition) is 1. The summed E-state index contributed by atoms with van der Waals surface area (Å²) in [7, 11) is 0. The Morgan fingerprint density at radius 2 is 1.82 bits per heavy atom. The molecule has 1 amide bonds. The first-order chi connectivity index (χ1) is 13.4. The van der Waals surface area contributed by atoms with Gasteiger partial charge in [0.05, 0.1) is 0 Å². The molecule has 28 heavy (non-hydrogen) atoms. The van der Waals surface area contributed by atoms with Crippen molar-refractivity contribution in [2.45, 2.75) is 26.3 Å². The molecule has 0 atom stereocenters. The highest BCUT2D eigenvalue weighted by atomic mass is 16.2. The maximum absolute atomic E-state index is 12.4. The maximum atomic E-state index is 12.4. The molecular weight excluding hydrogens is 348 g/mol. The van der Waals surface area contributed by atoms with Gasteiger partial charge in [0.25, 0.3) is 5.91 Å². The van der Waals surface area contributed by atoms with Gasteiger partial charge >= 0.3 is 0 Å². The molecule has 5 nitrogen and oxygen atoms in total. The molecule has 0 spiro atoms. The van der Waals surface area contributed by atoms with E-state index in [1.165, 1.54) is 5.56 Å². The minimum absolute atomic E-state index is 0.126. The molecule has 0 saturated carbocycles. The van der Waals surface area contributed by atoms with E-state index in [2.05, 4.69) is 56.5 Å². The minimum Gasteiger partial charge on any atom is -0.369 e. The van der Waals surface area contributed by atoms with Crippen molar-refractivity contribution in [2.24, 2.45) is 0 Å². The number of rotatable bonds is 5. The lowest BCUT2D eigenvalue weighted by Crippen LogP contribution is -2.46. The molecule has 1 saturated heterocycles. The van der Waals surface area contributed by atoms with Gasteiger partial charge in [-0.15, -0.1) is 0 Å². The number of benzene rings is 1. The number of anilines is 1. The van der Waals surface area contributed by atoms with Crippen LogP contribution < -0.4 is 10.2 Å². The maximum Gasteiger partial charge on any atom is 0.270 e. The molecule has 2 heterocycles. The van der Waals surface area contributed by atoms with E-state index in [0.717, 1.165) is 38.4 Å². The van der Waals surface area contributed by atoms with Gasteiger partial charge < -0.3 is 10.2 Å². The Hall–Kier alpha value is -2.66. The van der Waals surface area contributed by atoms with E-state index in [4.69, 9.17) is 0 Å². The van der Waals surface area contributed by atoms with Crippen LogP contribution in [0.5, 0.6) is 0 Å². The van der Waals surface area contributed by atoms with Gasteiger partial charge in [0.15, 0.2) is 0 Å². The van der Waals surface area contributed by atoms with Crippen molar-refractivity contribution in [2.75, 3.05) is 37.6 Å². The van der Waals surface area contributed by atoms with E-state index >= 15 is 0 Å². The summed E-state index contributed by atoms with van der Waals surface area (Å²) in [6.07, 6.45) is 6.13. The fourth-order valence-electron chi connectivity index (χ4n) is 3.24. The highest BCUT2D eigenvalue weighted by molar-refractivity contribution is 5.93. The first-order valence-corrected chi connectivity index (χ1v) is 9.88. The van der Waals surface area contributed by atoms with Crippen molar-refractivity contribution in [1.82, 2.24) is 15.2 Å². The van der Waals surface area contributed by atoms with E-state index < -0.39 is 0 Å². The largest absolute Gasteiger partial charge is 0.369 e. The van der Waals surface area contributed by atoms with Gasteiger partial charge in [-0.25, -0.2) is 0 Å².